The van der Waals surface area contributed by atoms with Crippen LogP contribution in [0.15, 0.2) is 4.99 Å². The van der Waals surface area contributed by atoms with Gasteiger partial charge in [-0.25, -0.2) is 4.79 Å². The van der Waals surface area contributed by atoms with Gasteiger partial charge in [0.1, 0.15) is 5.60 Å². The SMILES string of the molecule is CCOCCC1(CNC2=NCC3CN(C(=O)OC(C)(C)C)CCN23)CCC1. The number of carbonyl (C=O) groups excluding carboxylic acids is 1. The van der Waals surface area contributed by atoms with Crippen LogP contribution >= 0.6 is 0 Å². The molecular weight excluding hydrogens is 344 g/mol. The van der Waals surface area contributed by atoms with Crippen molar-refractivity contribution in [3.05, 3.63) is 0 Å². The molecule has 0 aromatic heterocycles. The fraction of sp³-hybridized carbons (Fsp3) is 0.900. The number of hydrogen-bond acceptors (Lipinski definition) is 6. The van der Waals surface area contributed by atoms with Crippen LogP contribution in [0.3, 0.4) is 0 Å². The van der Waals surface area contributed by atoms with E-state index in [2.05, 4.69) is 17.1 Å². The molecule has 1 N–H and O–H groups in total. The predicted molar refractivity (Wildman–Crippen MR) is 106 cm³/mol. The van der Waals surface area contributed by atoms with Crippen molar-refractivity contribution in [1.82, 2.24) is 15.1 Å². The van der Waals surface area contributed by atoms with Crippen molar-refractivity contribution in [2.45, 2.75) is 65.0 Å². The fourth-order valence-electron chi connectivity index (χ4n) is 4.11. The molecule has 0 aromatic rings. The van der Waals surface area contributed by atoms with Crippen LogP contribution in [-0.2, 0) is 9.47 Å². The molecule has 1 saturated heterocycles. The summed E-state index contributed by atoms with van der Waals surface area (Å²) in [5, 5.41) is 3.62. The Morgan fingerprint density at radius 1 is 1.33 bits per heavy atom. The Balaban J connectivity index is 1.47. The van der Waals surface area contributed by atoms with Gasteiger partial charge >= 0.3 is 6.09 Å². The Hall–Kier alpha value is -1.50. The normalized spacial score (nSPS) is 24.1. The molecule has 2 heterocycles. The quantitative estimate of drug-likeness (QED) is 0.717. The van der Waals surface area contributed by atoms with Gasteiger partial charge in [0.15, 0.2) is 5.96 Å². The van der Waals surface area contributed by atoms with E-state index in [0.717, 1.165) is 45.2 Å². The maximum absolute atomic E-state index is 12.3. The monoisotopic (exact) mass is 380 g/mol. The molecule has 1 atom stereocenters. The molecule has 0 bridgehead atoms. The number of nitrogens with zero attached hydrogens (tertiary/aromatic N) is 3. The van der Waals surface area contributed by atoms with Gasteiger partial charge in [-0.15, -0.1) is 0 Å². The number of nitrogens with one attached hydrogen (secondary N) is 1. The average Bonchev–Trinajstić information content (AvgIpc) is 2.97. The van der Waals surface area contributed by atoms with E-state index >= 15 is 0 Å². The Labute approximate surface area is 163 Å². The lowest BCUT2D eigenvalue weighted by atomic mass is 9.67. The van der Waals surface area contributed by atoms with Crippen LogP contribution in [0.25, 0.3) is 0 Å². The van der Waals surface area contributed by atoms with Gasteiger partial charge in [-0.05, 0) is 52.4 Å². The molecule has 3 rings (SSSR count). The average molecular weight is 381 g/mol. The number of hydrogen-bond donors (Lipinski definition) is 1. The number of piperazine rings is 1. The lowest BCUT2D eigenvalue weighted by Gasteiger charge is -2.44. The summed E-state index contributed by atoms with van der Waals surface area (Å²) in [6.45, 7) is 13.3. The van der Waals surface area contributed by atoms with Crippen molar-refractivity contribution in [3.8, 4) is 0 Å². The zero-order valence-electron chi connectivity index (χ0n) is 17.4. The van der Waals surface area contributed by atoms with E-state index in [4.69, 9.17) is 14.5 Å². The standard InChI is InChI=1S/C20H36N4O3/c1-5-26-12-9-20(7-6-8-20)15-22-17-21-13-16-14-23(10-11-24(16)17)18(25)27-19(2,3)4/h16H,5-15H2,1-4H3,(H,21,22). The molecular formula is C20H36N4O3. The number of carbonyl (C=O) groups is 1. The third kappa shape index (κ3) is 5.06. The summed E-state index contributed by atoms with van der Waals surface area (Å²) in [6, 6.07) is 0.259. The zero-order valence-corrected chi connectivity index (χ0v) is 17.4. The summed E-state index contributed by atoms with van der Waals surface area (Å²) in [5.74, 6) is 1.01. The molecule has 1 aliphatic carbocycles. The second kappa shape index (κ2) is 8.25. The highest BCUT2D eigenvalue weighted by atomic mass is 16.6. The largest absolute Gasteiger partial charge is 0.444 e. The number of aliphatic imine (C=N–C) groups is 1. The zero-order chi connectivity index (χ0) is 19.5. The first-order valence-electron chi connectivity index (χ1n) is 10.4. The second-order valence-electron chi connectivity index (χ2n) is 9.09. The number of guanidine groups is 1. The van der Waals surface area contributed by atoms with E-state index in [1.54, 1.807) is 0 Å². The minimum Gasteiger partial charge on any atom is -0.444 e. The summed E-state index contributed by atoms with van der Waals surface area (Å²) in [7, 11) is 0. The number of amides is 1. The van der Waals surface area contributed by atoms with Crippen LogP contribution in [0.2, 0.25) is 0 Å². The van der Waals surface area contributed by atoms with Crippen molar-refractivity contribution in [1.29, 1.82) is 0 Å². The molecule has 2 fully saturated rings. The molecule has 27 heavy (non-hydrogen) atoms. The van der Waals surface area contributed by atoms with E-state index in [1.165, 1.54) is 19.3 Å². The van der Waals surface area contributed by atoms with Crippen LogP contribution in [0, 0.1) is 5.41 Å². The van der Waals surface area contributed by atoms with Gasteiger partial charge in [0.2, 0.25) is 0 Å². The minimum absolute atomic E-state index is 0.215. The molecule has 0 aromatic carbocycles. The van der Waals surface area contributed by atoms with E-state index in [9.17, 15) is 4.79 Å². The van der Waals surface area contributed by atoms with Gasteiger partial charge in [-0.3, -0.25) is 4.99 Å². The highest BCUT2D eigenvalue weighted by Gasteiger charge is 2.39. The van der Waals surface area contributed by atoms with E-state index in [1.807, 2.05) is 25.7 Å². The van der Waals surface area contributed by atoms with Gasteiger partial charge in [0, 0.05) is 39.4 Å². The van der Waals surface area contributed by atoms with Crippen LogP contribution in [-0.4, -0.2) is 79.4 Å². The Morgan fingerprint density at radius 2 is 2.11 bits per heavy atom. The summed E-state index contributed by atoms with van der Waals surface area (Å²) in [5.41, 5.74) is -0.0835. The lowest BCUT2D eigenvalue weighted by Crippen LogP contribution is -2.58. The maximum atomic E-state index is 12.3. The van der Waals surface area contributed by atoms with Crippen molar-refractivity contribution >= 4 is 12.1 Å². The Bertz CT molecular complexity index is 554. The van der Waals surface area contributed by atoms with Crippen LogP contribution in [0.1, 0.15) is 53.4 Å². The molecule has 1 unspecified atom stereocenters. The third-order valence-corrected chi connectivity index (χ3v) is 5.87. The maximum Gasteiger partial charge on any atom is 0.410 e. The fourth-order valence-corrected chi connectivity index (χ4v) is 4.11. The molecule has 2 aliphatic heterocycles. The summed E-state index contributed by atoms with van der Waals surface area (Å²) in [6.07, 6.45) is 4.77. The van der Waals surface area contributed by atoms with Crippen molar-refractivity contribution < 1.29 is 14.3 Å². The molecule has 7 heteroatoms. The smallest absolute Gasteiger partial charge is 0.410 e. The van der Waals surface area contributed by atoms with E-state index in [0.29, 0.717) is 18.5 Å². The van der Waals surface area contributed by atoms with Crippen LogP contribution in [0.5, 0.6) is 0 Å². The van der Waals surface area contributed by atoms with Crippen LogP contribution < -0.4 is 5.32 Å². The minimum atomic E-state index is -0.453. The first kappa shape index (κ1) is 20.2. The Kier molecular flexibility index (Phi) is 6.18. The Morgan fingerprint density at radius 3 is 2.74 bits per heavy atom. The first-order chi connectivity index (χ1) is 12.8. The molecule has 3 aliphatic rings. The second-order valence-corrected chi connectivity index (χ2v) is 9.09. The van der Waals surface area contributed by atoms with Crippen molar-refractivity contribution in [2.24, 2.45) is 10.4 Å². The van der Waals surface area contributed by atoms with Crippen molar-refractivity contribution in [2.75, 3.05) is 45.9 Å². The van der Waals surface area contributed by atoms with Crippen LogP contribution in [0.4, 0.5) is 4.79 Å². The third-order valence-electron chi connectivity index (χ3n) is 5.87. The van der Waals surface area contributed by atoms with Crippen molar-refractivity contribution in [3.63, 3.8) is 0 Å². The number of ether oxygens (including phenoxy) is 2. The summed E-state index contributed by atoms with van der Waals surface area (Å²) < 4.78 is 11.1. The van der Waals surface area contributed by atoms with Gasteiger partial charge < -0.3 is 24.6 Å². The van der Waals surface area contributed by atoms with Gasteiger partial charge in [0.25, 0.3) is 0 Å². The number of fused-ring (bicyclic) bond motifs is 1. The van der Waals surface area contributed by atoms with Gasteiger partial charge in [0.05, 0.1) is 12.6 Å². The number of rotatable bonds is 6. The lowest BCUT2D eigenvalue weighted by molar-refractivity contribution is 0.0136. The molecule has 1 saturated carbocycles. The first-order valence-corrected chi connectivity index (χ1v) is 10.4. The highest BCUT2D eigenvalue weighted by Crippen LogP contribution is 2.43. The predicted octanol–water partition coefficient (Wildman–Crippen LogP) is 2.46. The summed E-state index contributed by atoms with van der Waals surface area (Å²) in [4.78, 5) is 21.2. The highest BCUT2D eigenvalue weighted by molar-refractivity contribution is 5.82. The molecule has 0 radical (unpaired) electrons. The molecule has 154 valence electrons. The molecule has 0 spiro atoms. The van der Waals surface area contributed by atoms with Gasteiger partial charge in [-0.2, -0.15) is 0 Å². The van der Waals surface area contributed by atoms with E-state index < -0.39 is 5.60 Å². The van der Waals surface area contributed by atoms with E-state index in [-0.39, 0.29) is 12.1 Å². The van der Waals surface area contributed by atoms with Gasteiger partial charge in [-0.1, -0.05) is 6.42 Å². The molecule has 7 nitrogen and oxygen atoms in total. The summed E-state index contributed by atoms with van der Waals surface area (Å²) >= 11 is 0. The topological polar surface area (TPSA) is 66.4 Å². The molecule has 1 amide bonds.